The molecule has 138 valence electrons. The minimum absolute atomic E-state index is 0.0362. The molecule has 1 aromatic carbocycles. The van der Waals surface area contributed by atoms with Gasteiger partial charge in [0.25, 0.3) is 0 Å². The molecule has 1 unspecified atom stereocenters. The van der Waals surface area contributed by atoms with Gasteiger partial charge in [0, 0.05) is 0 Å². The zero-order valence-electron chi connectivity index (χ0n) is 13.8. The fourth-order valence-electron chi connectivity index (χ4n) is 3.06. The number of alkyl halides is 6. The van der Waals surface area contributed by atoms with E-state index in [1.165, 1.54) is 12.5 Å². The van der Waals surface area contributed by atoms with Crippen LogP contribution in [0.25, 0.3) is 0 Å². The van der Waals surface area contributed by atoms with Gasteiger partial charge in [0.1, 0.15) is 0 Å². The Morgan fingerprint density at radius 2 is 1.33 bits per heavy atom. The highest BCUT2D eigenvalue weighted by molar-refractivity contribution is 5.14. The van der Waals surface area contributed by atoms with Crippen molar-refractivity contribution in [1.82, 2.24) is 0 Å². The van der Waals surface area contributed by atoms with E-state index in [-0.39, 0.29) is 12.8 Å². The minimum atomic E-state index is -5.23. The number of halogens is 6. The van der Waals surface area contributed by atoms with E-state index < -0.39 is 24.2 Å². The number of aryl methyl sites for hydroxylation is 1. The maximum atomic E-state index is 12.8. The summed E-state index contributed by atoms with van der Waals surface area (Å²) >= 11 is 0. The lowest BCUT2D eigenvalue weighted by Gasteiger charge is -2.30. The monoisotopic (exact) mass is 354 g/mol. The Bertz CT molecular complexity index is 435. The van der Waals surface area contributed by atoms with Crippen molar-refractivity contribution < 1.29 is 26.3 Å². The molecular formula is C18H24F6. The van der Waals surface area contributed by atoms with Gasteiger partial charge in [-0.2, -0.15) is 26.3 Å². The SMILES string of the molecule is CCC(CCCCCCc1ccccc1)C(C(F)(F)F)C(F)(F)F. The van der Waals surface area contributed by atoms with Crippen molar-refractivity contribution in [3.63, 3.8) is 0 Å². The van der Waals surface area contributed by atoms with Crippen molar-refractivity contribution >= 4 is 0 Å². The third-order valence-electron chi connectivity index (χ3n) is 4.33. The van der Waals surface area contributed by atoms with Crippen LogP contribution >= 0.6 is 0 Å². The smallest absolute Gasteiger partial charge is 0.170 e. The average Bonchev–Trinajstić information content (AvgIpc) is 2.47. The predicted octanol–water partition coefficient (Wildman–Crippen LogP) is 6.95. The summed E-state index contributed by atoms with van der Waals surface area (Å²) in [7, 11) is 0. The second kappa shape index (κ2) is 9.33. The van der Waals surface area contributed by atoms with E-state index in [4.69, 9.17) is 0 Å². The summed E-state index contributed by atoms with van der Waals surface area (Å²) in [5.74, 6) is -4.60. The lowest BCUT2D eigenvalue weighted by atomic mass is 9.84. The van der Waals surface area contributed by atoms with Crippen molar-refractivity contribution in [1.29, 1.82) is 0 Å². The third kappa shape index (κ3) is 7.14. The van der Waals surface area contributed by atoms with Crippen LogP contribution in [0.3, 0.4) is 0 Å². The molecule has 0 aliphatic carbocycles. The van der Waals surface area contributed by atoms with Crippen molar-refractivity contribution in [2.45, 2.75) is 64.2 Å². The van der Waals surface area contributed by atoms with Gasteiger partial charge in [-0.3, -0.25) is 0 Å². The number of benzene rings is 1. The largest absolute Gasteiger partial charge is 0.400 e. The first-order valence-electron chi connectivity index (χ1n) is 8.33. The summed E-state index contributed by atoms with van der Waals surface area (Å²) in [4.78, 5) is 0. The van der Waals surface area contributed by atoms with Crippen LogP contribution in [0.4, 0.5) is 26.3 Å². The standard InChI is InChI=1S/C18H24F6/c1-2-15(16(17(19,20)21)18(22,23)24)13-9-4-3-6-10-14-11-7-5-8-12-14/h5,7-8,11-12,15-16H,2-4,6,9-10,13H2,1H3. The van der Waals surface area contributed by atoms with Gasteiger partial charge >= 0.3 is 12.4 Å². The minimum Gasteiger partial charge on any atom is -0.170 e. The van der Waals surface area contributed by atoms with E-state index >= 15 is 0 Å². The average molecular weight is 354 g/mol. The maximum absolute atomic E-state index is 12.8. The van der Waals surface area contributed by atoms with Crippen LogP contribution in [0.5, 0.6) is 0 Å². The lowest BCUT2D eigenvalue weighted by Crippen LogP contribution is -2.41. The zero-order valence-corrected chi connectivity index (χ0v) is 13.8. The molecule has 0 spiro atoms. The molecule has 0 aliphatic rings. The number of hydrogen-bond donors (Lipinski definition) is 0. The number of unbranched alkanes of at least 4 members (excludes halogenated alkanes) is 3. The van der Waals surface area contributed by atoms with Crippen LogP contribution in [0.2, 0.25) is 0 Å². The van der Waals surface area contributed by atoms with E-state index in [2.05, 4.69) is 0 Å². The second-order valence-electron chi connectivity index (χ2n) is 6.17. The molecule has 0 saturated carbocycles. The molecule has 24 heavy (non-hydrogen) atoms. The normalized spacial score (nSPS) is 14.2. The van der Waals surface area contributed by atoms with Crippen molar-refractivity contribution in [3.05, 3.63) is 35.9 Å². The summed E-state index contributed by atoms with van der Waals surface area (Å²) in [5, 5.41) is 0. The molecule has 0 heterocycles. The topological polar surface area (TPSA) is 0 Å². The highest BCUT2D eigenvalue weighted by atomic mass is 19.4. The van der Waals surface area contributed by atoms with Gasteiger partial charge in [-0.1, -0.05) is 62.9 Å². The molecule has 0 aromatic heterocycles. The third-order valence-corrected chi connectivity index (χ3v) is 4.33. The molecule has 0 N–H and O–H groups in total. The Hall–Kier alpha value is -1.20. The number of rotatable bonds is 9. The van der Waals surface area contributed by atoms with E-state index in [0.717, 1.165) is 19.3 Å². The zero-order chi connectivity index (χ0) is 18.2. The molecule has 0 radical (unpaired) electrons. The lowest BCUT2D eigenvalue weighted by molar-refractivity contribution is -0.299. The van der Waals surface area contributed by atoms with E-state index in [1.54, 1.807) is 0 Å². The molecular weight excluding hydrogens is 330 g/mol. The van der Waals surface area contributed by atoms with Crippen LogP contribution in [0.15, 0.2) is 30.3 Å². The summed E-state index contributed by atoms with van der Waals surface area (Å²) < 4.78 is 76.5. The van der Waals surface area contributed by atoms with Crippen molar-refractivity contribution in [3.8, 4) is 0 Å². The molecule has 1 atom stereocenters. The summed E-state index contributed by atoms with van der Waals surface area (Å²) in [6, 6.07) is 9.81. The fraction of sp³-hybridized carbons (Fsp3) is 0.667. The Kier molecular flexibility index (Phi) is 8.10. The quantitative estimate of drug-likeness (QED) is 0.333. The predicted molar refractivity (Wildman–Crippen MR) is 82.6 cm³/mol. The first-order valence-corrected chi connectivity index (χ1v) is 8.33. The Morgan fingerprint density at radius 1 is 0.792 bits per heavy atom. The van der Waals surface area contributed by atoms with Crippen LogP contribution in [0, 0.1) is 11.8 Å². The van der Waals surface area contributed by atoms with Gasteiger partial charge in [-0.05, 0) is 30.7 Å². The molecule has 0 fully saturated rings. The van der Waals surface area contributed by atoms with Crippen LogP contribution in [-0.2, 0) is 6.42 Å². The Labute approximate surface area is 139 Å². The Balaban J connectivity index is 2.37. The first-order chi connectivity index (χ1) is 11.2. The highest BCUT2D eigenvalue weighted by Crippen LogP contribution is 2.46. The summed E-state index contributed by atoms with van der Waals surface area (Å²) in [6.07, 6.45) is -6.97. The van der Waals surface area contributed by atoms with Gasteiger partial charge in [0.05, 0.1) is 0 Å². The van der Waals surface area contributed by atoms with Crippen molar-refractivity contribution in [2.75, 3.05) is 0 Å². The maximum Gasteiger partial charge on any atom is 0.400 e. The molecule has 1 aromatic rings. The van der Waals surface area contributed by atoms with Gasteiger partial charge in [0.2, 0.25) is 0 Å². The molecule has 0 nitrogen and oxygen atoms in total. The molecule has 0 amide bonds. The first kappa shape index (κ1) is 20.8. The van der Waals surface area contributed by atoms with E-state index in [9.17, 15) is 26.3 Å². The van der Waals surface area contributed by atoms with Gasteiger partial charge in [0.15, 0.2) is 5.92 Å². The van der Waals surface area contributed by atoms with Gasteiger partial charge < -0.3 is 0 Å². The van der Waals surface area contributed by atoms with Crippen molar-refractivity contribution in [2.24, 2.45) is 11.8 Å². The van der Waals surface area contributed by atoms with E-state index in [1.807, 2.05) is 30.3 Å². The Morgan fingerprint density at radius 3 is 1.83 bits per heavy atom. The van der Waals surface area contributed by atoms with Gasteiger partial charge in [-0.25, -0.2) is 0 Å². The van der Waals surface area contributed by atoms with Crippen LogP contribution < -0.4 is 0 Å². The van der Waals surface area contributed by atoms with Gasteiger partial charge in [-0.15, -0.1) is 0 Å². The van der Waals surface area contributed by atoms with Crippen LogP contribution in [0.1, 0.15) is 51.0 Å². The summed E-state index contributed by atoms with van der Waals surface area (Å²) in [6.45, 7) is 1.39. The van der Waals surface area contributed by atoms with Crippen LogP contribution in [-0.4, -0.2) is 12.4 Å². The molecule has 1 rings (SSSR count). The molecule has 6 heteroatoms. The number of hydrogen-bond acceptors (Lipinski definition) is 0. The molecule has 0 bridgehead atoms. The highest BCUT2D eigenvalue weighted by Gasteiger charge is 2.59. The molecule has 0 saturated heterocycles. The van der Waals surface area contributed by atoms with E-state index in [0.29, 0.717) is 12.8 Å². The second-order valence-corrected chi connectivity index (χ2v) is 6.17. The summed E-state index contributed by atoms with van der Waals surface area (Å²) in [5.41, 5.74) is 1.19. The molecule has 0 aliphatic heterocycles. The fourth-order valence-corrected chi connectivity index (χ4v) is 3.06.